The number of methoxy groups -OCH3 is 1. The maximum absolute atomic E-state index is 10.1. The van der Waals surface area contributed by atoms with Gasteiger partial charge in [-0.2, -0.15) is 0 Å². The Kier molecular flexibility index (Phi) is 3.28. The zero-order chi connectivity index (χ0) is 16.4. The van der Waals surface area contributed by atoms with Crippen molar-refractivity contribution in [2.45, 2.75) is 65.2 Å². The van der Waals surface area contributed by atoms with Gasteiger partial charge in [-0.25, -0.2) is 0 Å². The van der Waals surface area contributed by atoms with E-state index < -0.39 is 0 Å². The predicted octanol–water partition coefficient (Wildman–Crippen LogP) is 5.28. The molecule has 1 N–H and O–H groups in total. The minimum absolute atomic E-state index is 0.298. The van der Waals surface area contributed by atoms with Gasteiger partial charge in [-0.15, -0.1) is 0 Å². The molecule has 0 heterocycles. The molecule has 0 saturated heterocycles. The summed E-state index contributed by atoms with van der Waals surface area (Å²) in [6.45, 7) is 7.55. The van der Waals surface area contributed by atoms with Gasteiger partial charge < -0.3 is 9.84 Å². The largest absolute Gasteiger partial charge is 0.504 e. The van der Waals surface area contributed by atoms with Crippen LogP contribution in [0.2, 0.25) is 0 Å². The first kappa shape index (κ1) is 15.4. The molecule has 1 aromatic carbocycles. The zero-order valence-electron chi connectivity index (χ0n) is 15.0. The zero-order valence-corrected chi connectivity index (χ0v) is 15.0. The van der Waals surface area contributed by atoms with Crippen LogP contribution < -0.4 is 4.74 Å². The van der Waals surface area contributed by atoms with E-state index in [1.54, 1.807) is 7.11 Å². The van der Waals surface area contributed by atoms with Gasteiger partial charge in [-0.05, 0) is 90.4 Å². The molecule has 0 aliphatic heterocycles. The monoisotopic (exact) mass is 314 g/mol. The van der Waals surface area contributed by atoms with Crippen LogP contribution in [-0.2, 0) is 6.42 Å². The second-order valence-electron chi connectivity index (χ2n) is 9.02. The lowest BCUT2D eigenvalue weighted by Crippen LogP contribution is -2.45. The number of phenolic OH excluding ortho intramolecular Hbond substituents is 1. The fourth-order valence-electron chi connectivity index (χ4n) is 6.25. The standard InChI is InChI=1S/C21H30O2/c1-20(2)9-8-17-15-6-5-13-11-18(22)19(23-4)12-16(13)14(15)7-10-21(17,20)3/h11-12,14-15,17,22H,5-10H2,1-4H3/t14-,15+,17-,21-/m0/s1. The third-order valence-corrected chi connectivity index (χ3v) is 8.04. The van der Waals surface area contributed by atoms with Crippen LogP contribution >= 0.6 is 0 Å². The fourth-order valence-corrected chi connectivity index (χ4v) is 6.25. The molecule has 0 bridgehead atoms. The minimum Gasteiger partial charge on any atom is -0.504 e. The Hall–Kier alpha value is -1.18. The first-order chi connectivity index (χ1) is 10.9. The lowest BCUT2D eigenvalue weighted by molar-refractivity contribution is -0.00859. The number of rotatable bonds is 1. The van der Waals surface area contributed by atoms with Crippen molar-refractivity contribution in [3.63, 3.8) is 0 Å². The van der Waals surface area contributed by atoms with Crippen molar-refractivity contribution in [1.82, 2.24) is 0 Å². The average Bonchev–Trinajstić information content (AvgIpc) is 2.76. The van der Waals surface area contributed by atoms with Gasteiger partial charge >= 0.3 is 0 Å². The molecule has 0 radical (unpaired) electrons. The van der Waals surface area contributed by atoms with E-state index in [2.05, 4.69) is 26.8 Å². The fraction of sp³-hybridized carbons (Fsp3) is 0.714. The molecule has 3 aliphatic carbocycles. The maximum Gasteiger partial charge on any atom is 0.160 e. The smallest absolute Gasteiger partial charge is 0.160 e. The molecule has 0 amide bonds. The van der Waals surface area contributed by atoms with Gasteiger partial charge in [-0.1, -0.05) is 20.8 Å². The quantitative estimate of drug-likeness (QED) is 0.764. The summed E-state index contributed by atoms with van der Waals surface area (Å²) in [5, 5.41) is 10.1. The molecule has 0 unspecified atom stereocenters. The summed E-state index contributed by atoms with van der Waals surface area (Å²) in [5.74, 6) is 3.29. The van der Waals surface area contributed by atoms with Gasteiger partial charge in [0.2, 0.25) is 0 Å². The van der Waals surface area contributed by atoms with Crippen LogP contribution in [0.3, 0.4) is 0 Å². The Balaban J connectivity index is 1.73. The molecular formula is C21H30O2. The van der Waals surface area contributed by atoms with Crippen molar-refractivity contribution in [2.75, 3.05) is 7.11 Å². The summed E-state index contributed by atoms with van der Waals surface area (Å²) < 4.78 is 5.38. The van der Waals surface area contributed by atoms with E-state index in [-0.39, 0.29) is 0 Å². The van der Waals surface area contributed by atoms with Gasteiger partial charge in [0.25, 0.3) is 0 Å². The molecule has 126 valence electrons. The summed E-state index contributed by atoms with van der Waals surface area (Å²) in [6, 6.07) is 4.08. The van der Waals surface area contributed by atoms with E-state index in [0.29, 0.717) is 28.2 Å². The highest BCUT2D eigenvalue weighted by Gasteiger charge is 2.57. The van der Waals surface area contributed by atoms with Crippen molar-refractivity contribution in [1.29, 1.82) is 0 Å². The van der Waals surface area contributed by atoms with Crippen LogP contribution in [0, 0.1) is 22.7 Å². The predicted molar refractivity (Wildman–Crippen MR) is 93.1 cm³/mol. The number of hydrogen-bond donors (Lipinski definition) is 1. The number of phenols is 1. The Morgan fingerprint density at radius 3 is 2.61 bits per heavy atom. The van der Waals surface area contributed by atoms with Crippen LogP contribution in [-0.4, -0.2) is 12.2 Å². The van der Waals surface area contributed by atoms with Crippen LogP contribution in [0.4, 0.5) is 0 Å². The normalized spacial score (nSPS) is 37.7. The summed E-state index contributed by atoms with van der Waals surface area (Å²) in [4.78, 5) is 0. The molecular weight excluding hydrogens is 284 g/mol. The molecule has 4 atom stereocenters. The van der Waals surface area contributed by atoms with E-state index >= 15 is 0 Å². The van der Waals surface area contributed by atoms with Crippen LogP contribution in [0.1, 0.15) is 69.9 Å². The SMILES string of the molecule is COc1cc2c(cc1O)CC[C@@H]1[C@@H]2CC[C@@]2(C)[C@H]1CCC2(C)C. The number of fused-ring (bicyclic) bond motifs is 5. The summed E-state index contributed by atoms with van der Waals surface area (Å²) >= 11 is 0. The molecule has 1 aromatic rings. The number of benzene rings is 1. The molecule has 3 aliphatic rings. The first-order valence-corrected chi connectivity index (χ1v) is 9.27. The molecule has 0 spiro atoms. The Morgan fingerprint density at radius 1 is 1.09 bits per heavy atom. The molecule has 2 fully saturated rings. The first-order valence-electron chi connectivity index (χ1n) is 9.27. The van der Waals surface area contributed by atoms with Gasteiger partial charge in [0.1, 0.15) is 0 Å². The van der Waals surface area contributed by atoms with Gasteiger partial charge in [-0.3, -0.25) is 0 Å². The van der Waals surface area contributed by atoms with E-state index in [1.807, 2.05) is 6.07 Å². The number of aromatic hydroxyl groups is 1. The van der Waals surface area contributed by atoms with Gasteiger partial charge in [0.15, 0.2) is 11.5 Å². The highest BCUT2D eigenvalue weighted by Crippen LogP contribution is 2.67. The summed E-state index contributed by atoms with van der Waals surface area (Å²) in [5.41, 5.74) is 3.80. The second-order valence-corrected chi connectivity index (χ2v) is 9.02. The van der Waals surface area contributed by atoms with E-state index in [0.717, 1.165) is 18.3 Å². The number of ether oxygens (including phenoxy) is 1. The topological polar surface area (TPSA) is 29.5 Å². The van der Waals surface area contributed by atoms with Crippen molar-refractivity contribution < 1.29 is 9.84 Å². The molecule has 2 saturated carbocycles. The number of hydrogen-bond acceptors (Lipinski definition) is 2. The van der Waals surface area contributed by atoms with Gasteiger partial charge in [0, 0.05) is 0 Å². The van der Waals surface area contributed by atoms with Crippen LogP contribution in [0.25, 0.3) is 0 Å². The lowest BCUT2D eigenvalue weighted by Gasteiger charge is -2.53. The van der Waals surface area contributed by atoms with Crippen molar-refractivity contribution >= 4 is 0 Å². The van der Waals surface area contributed by atoms with Crippen molar-refractivity contribution in [3.8, 4) is 11.5 Å². The van der Waals surface area contributed by atoms with Crippen molar-refractivity contribution in [2.24, 2.45) is 22.7 Å². The minimum atomic E-state index is 0.298. The van der Waals surface area contributed by atoms with E-state index in [4.69, 9.17) is 4.74 Å². The molecule has 2 heteroatoms. The van der Waals surface area contributed by atoms with Crippen LogP contribution in [0.5, 0.6) is 11.5 Å². The molecule has 4 rings (SSSR count). The average molecular weight is 314 g/mol. The molecule has 23 heavy (non-hydrogen) atoms. The number of aryl methyl sites for hydroxylation is 1. The van der Waals surface area contributed by atoms with Crippen molar-refractivity contribution in [3.05, 3.63) is 23.3 Å². The third kappa shape index (κ3) is 1.99. The van der Waals surface area contributed by atoms with E-state index in [1.165, 1.54) is 43.2 Å². The summed E-state index contributed by atoms with van der Waals surface area (Å²) in [7, 11) is 1.65. The molecule has 0 aromatic heterocycles. The molecule has 2 nitrogen and oxygen atoms in total. The Bertz CT molecular complexity index is 633. The van der Waals surface area contributed by atoms with Gasteiger partial charge in [0.05, 0.1) is 7.11 Å². The Morgan fingerprint density at radius 2 is 1.87 bits per heavy atom. The second kappa shape index (κ2) is 4.91. The maximum atomic E-state index is 10.1. The summed E-state index contributed by atoms with van der Waals surface area (Å²) in [6.07, 6.45) is 7.82. The highest BCUT2D eigenvalue weighted by atomic mass is 16.5. The third-order valence-electron chi connectivity index (χ3n) is 8.04. The van der Waals surface area contributed by atoms with Crippen LogP contribution in [0.15, 0.2) is 12.1 Å². The highest BCUT2D eigenvalue weighted by molar-refractivity contribution is 5.49. The Labute approximate surface area is 140 Å². The van der Waals surface area contributed by atoms with E-state index in [9.17, 15) is 5.11 Å². The lowest BCUT2D eigenvalue weighted by atomic mass is 9.51.